The van der Waals surface area contributed by atoms with Gasteiger partial charge in [-0.05, 0) is 17.9 Å². The summed E-state index contributed by atoms with van der Waals surface area (Å²) in [5.74, 6) is -1.43. The minimum Gasteiger partial charge on any atom is -0.476 e. The summed E-state index contributed by atoms with van der Waals surface area (Å²) in [6, 6.07) is 4.95. The SMILES string of the molecule is O=CC(=O)O.[K+].[c-]1c[nH]c2cnccc12. The number of rotatable bonds is 1. The maximum atomic E-state index is 9.00. The van der Waals surface area contributed by atoms with Gasteiger partial charge in [-0.1, -0.05) is 6.20 Å². The zero-order valence-electron chi connectivity index (χ0n) is 8.10. The first-order valence-corrected chi connectivity index (χ1v) is 3.71. The van der Waals surface area contributed by atoms with Crippen molar-refractivity contribution >= 4 is 23.2 Å². The van der Waals surface area contributed by atoms with Crippen molar-refractivity contribution in [3.05, 3.63) is 30.7 Å². The van der Waals surface area contributed by atoms with Gasteiger partial charge in [0.25, 0.3) is 0 Å². The third-order valence-corrected chi connectivity index (χ3v) is 1.38. The van der Waals surface area contributed by atoms with Crippen LogP contribution in [0.5, 0.6) is 0 Å². The maximum Gasteiger partial charge on any atom is 1.00 e. The molecule has 0 amide bonds. The summed E-state index contributed by atoms with van der Waals surface area (Å²) in [4.78, 5) is 24.8. The molecular weight excluding hydrogens is 223 g/mol. The molecule has 0 aromatic carbocycles. The van der Waals surface area contributed by atoms with Crippen molar-refractivity contribution in [3.63, 3.8) is 0 Å². The molecule has 0 aliphatic rings. The molecule has 0 aliphatic carbocycles. The molecule has 2 aromatic rings. The van der Waals surface area contributed by atoms with E-state index < -0.39 is 5.97 Å². The predicted octanol–water partition coefficient (Wildman–Crippen LogP) is -2.36. The van der Waals surface area contributed by atoms with Crippen LogP contribution in [-0.4, -0.2) is 27.3 Å². The number of hydrogen-bond donors (Lipinski definition) is 2. The number of carbonyl (C=O) groups is 2. The number of fused-ring (bicyclic) bond motifs is 1. The number of aromatic amines is 1. The van der Waals surface area contributed by atoms with Crippen LogP contribution >= 0.6 is 0 Å². The van der Waals surface area contributed by atoms with E-state index in [1.807, 2.05) is 6.07 Å². The Hall–Kier alpha value is -0.534. The quantitative estimate of drug-likeness (QED) is 0.248. The summed E-state index contributed by atoms with van der Waals surface area (Å²) < 4.78 is 0. The Morgan fingerprint density at radius 1 is 1.60 bits per heavy atom. The third-order valence-electron chi connectivity index (χ3n) is 1.38. The van der Waals surface area contributed by atoms with Crippen LogP contribution in [0.15, 0.2) is 24.7 Å². The van der Waals surface area contributed by atoms with E-state index in [4.69, 9.17) is 14.7 Å². The average Bonchev–Trinajstić information content (AvgIpc) is 2.66. The standard InChI is InChI=1S/C7H5N2.C2H2O3.K/c1-3-8-5-7-6(1)2-4-9-7;3-1-2(4)5;/h1,3-5,9H;1H,(H,4,5);/q-1;;+1. The average molecular weight is 230 g/mol. The molecule has 2 N–H and O–H groups in total. The number of carbonyl (C=O) groups excluding carboxylic acids is 1. The van der Waals surface area contributed by atoms with E-state index in [9.17, 15) is 0 Å². The van der Waals surface area contributed by atoms with Gasteiger partial charge in [-0.25, -0.2) is 4.79 Å². The van der Waals surface area contributed by atoms with E-state index in [2.05, 4.69) is 16.0 Å². The van der Waals surface area contributed by atoms with E-state index in [1.54, 1.807) is 18.6 Å². The topological polar surface area (TPSA) is 83.0 Å². The Morgan fingerprint density at radius 2 is 2.27 bits per heavy atom. The molecule has 6 heteroatoms. The molecule has 0 radical (unpaired) electrons. The number of aliphatic carboxylic acids is 1. The summed E-state index contributed by atoms with van der Waals surface area (Å²) in [6.45, 7) is 0. The van der Waals surface area contributed by atoms with Crippen LogP contribution in [0.4, 0.5) is 0 Å². The van der Waals surface area contributed by atoms with Crippen molar-refractivity contribution in [2.75, 3.05) is 0 Å². The molecule has 72 valence electrons. The minimum absolute atomic E-state index is 0. The monoisotopic (exact) mass is 230 g/mol. The van der Waals surface area contributed by atoms with Gasteiger partial charge in [0, 0.05) is 0 Å². The third kappa shape index (κ3) is 5.19. The Morgan fingerprint density at radius 3 is 2.80 bits per heavy atom. The van der Waals surface area contributed by atoms with E-state index in [0.29, 0.717) is 0 Å². The Bertz CT molecular complexity index is 411. The number of nitrogens with one attached hydrogen (secondary N) is 1. The first kappa shape index (κ1) is 14.5. The molecule has 0 fully saturated rings. The van der Waals surface area contributed by atoms with Crippen LogP contribution in [-0.2, 0) is 9.59 Å². The number of carboxylic acid groups (broad SMARTS) is 1. The zero-order valence-corrected chi connectivity index (χ0v) is 11.2. The smallest absolute Gasteiger partial charge is 0.476 e. The van der Waals surface area contributed by atoms with Crippen LogP contribution in [0.1, 0.15) is 0 Å². The van der Waals surface area contributed by atoms with Gasteiger partial charge in [-0.2, -0.15) is 11.5 Å². The van der Waals surface area contributed by atoms with Crippen LogP contribution in [0.2, 0.25) is 0 Å². The first-order valence-electron chi connectivity index (χ1n) is 3.71. The van der Waals surface area contributed by atoms with Crippen molar-refractivity contribution in [2.45, 2.75) is 0 Å². The Labute approximate surface area is 128 Å². The second-order valence-electron chi connectivity index (χ2n) is 2.31. The predicted molar refractivity (Wildman–Crippen MR) is 48.6 cm³/mol. The number of pyridine rings is 1. The molecule has 0 bridgehead atoms. The largest absolute Gasteiger partial charge is 1.00 e. The zero-order chi connectivity index (χ0) is 10.4. The minimum atomic E-state index is -1.43. The van der Waals surface area contributed by atoms with E-state index in [1.165, 1.54) is 0 Å². The molecule has 0 saturated heterocycles. The van der Waals surface area contributed by atoms with Crippen LogP contribution in [0.25, 0.3) is 10.9 Å². The van der Waals surface area contributed by atoms with Gasteiger partial charge in [0.05, 0.1) is 0 Å². The molecule has 0 saturated carbocycles. The van der Waals surface area contributed by atoms with Crippen molar-refractivity contribution in [2.24, 2.45) is 0 Å². The van der Waals surface area contributed by atoms with Gasteiger partial charge in [-0.15, -0.1) is 6.07 Å². The maximum absolute atomic E-state index is 9.00. The van der Waals surface area contributed by atoms with Gasteiger partial charge >= 0.3 is 57.4 Å². The second-order valence-corrected chi connectivity index (χ2v) is 2.31. The molecule has 2 aromatic heterocycles. The van der Waals surface area contributed by atoms with E-state index in [-0.39, 0.29) is 57.7 Å². The van der Waals surface area contributed by atoms with Crippen LogP contribution < -0.4 is 51.4 Å². The summed E-state index contributed by atoms with van der Waals surface area (Å²) >= 11 is 0. The Balaban J connectivity index is 0.000000289. The molecular formula is C9H7KN2O3. The molecule has 5 nitrogen and oxygen atoms in total. The van der Waals surface area contributed by atoms with E-state index >= 15 is 0 Å². The van der Waals surface area contributed by atoms with Crippen molar-refractivity contribution in [1.29, 1.82) is 0 Å². The molecule has 2 heterocycles. The van der Waals surface area contributed by atoms with Gasteiger partial charge in [-0.3, -0.25) is 9.78 Å². The fourth-order valence-electron chi connectivity index (χ4n) is 0.827. The molecule has 0 aliphatic heterocycles. The number of aromatic nitrogens is 2. The fraction of sp³-hybridized carbons (Fsp3) is 0. The van der Waals surface area contributed by atoms with Gasteiger partial charge < -0.3 is 10.1 Å². The van der Waals surface area contributed by atoms with Gasteiger partial charge in [0.2, 0.25) is 6.29 Å². The summed E-state index contributed by atoms with van der Waals surface area (Å²) in [5.41, 5.74) is 1.04. The molecule has 15 heavy (non-hydrogen) atoms. The van der Waals surface area contributed by atoms with Crippen molar-refractivity contribution in [3.8, 4) is 0 Å². The molecule has 2 rings (SSSR count). The first-order chi connectivity index (χ1) is 6.74. The summed E-state index contributed by atoms with van der Waals surface area (Å²) in [5, 5.41) is 8.44. The number of H-pyrrole nitrogens is 1. The normalized spacial score (nSPS) is 8.27. The van der Waals surface area contributed by atoms with E-state index in [0.717, 1.165) is 10.9 Å². The molecule has 0 atom stereocenters. The van der Waals surface area contributed by atoms with Crippen LogP contribution in [0, 0.1) is 6.07 Å². The number of carboxylic acids is 1. The second kappa shape index (κ2) is 7.72. The molecule has 0 unspecified atom stereocenters. The number of nitrogens with zero attached hydrogens (tertiary/aromatic N) is 1. The van der Waals surface area contributed by atoms with Gasteiger partial charge in [0.15, 0.2) is 0 Å². The summed E-state index contributed by atoms with van der Waals surface area (Å²) in [7, 11) is 0. The number of hydrogen-bond acceptors (Lipinski definition) is 3. The summed E-state index contributed by atoms with van der Waals surface area (Å²) in [6.07, 6.45) is 5.16. The number of aldehydes is 1. The van der Waals surface area contributed by atoms with Crippen molar-refractivity contribution < 1.29 is 66.1 Å². The van der Waals surface area contributed by atoms with Gasteiger partial charge in [0.1, 0.15) is 0 Å². The van der Waals surface area contributed by atoms with Crippen molar-refractivity contribution in [1.82, 2.24) is 9.97 Å². The van der Waals surface area contributed by atoms with Crippen LogP contribution in [0.3, 0.4) is 0 Å². The Kier molecular flexibility index (Phi) is 7.44. The fourth-order valence-corrected chi connectivity index (χ4v) is 0.827. The molecule has 0 spiro atoms.